The molecule has 1 amide bonds. The van der Waals surface area contributed by atoms with Crippen LogP contribution in [0.3, 0.4) is 0 Å². The van der Waals surface area contributed by atoms with Gasteiger partial charge < -0.3 is 9.42 Å². The number of rotatable bonds is 4. The first-order valence-electron chi connectivity index (χ1n) is 9.49. The van der Waals surface area contributed by atoms with Crippen LogP contribution in [0.15, 0.2) is 64.2 Å². The minimum atomic E-state index is -0.162. The summed E-state index contributed by atoms with van der Waals surface area (Å²) in [5, 5.41) is 11.2. The molecule has 1 fully saturated rings. The monoisotopic (exact) mass is 407 g/mol. The summed E-state index contributed by atoms with van der Waals surface area (Å²) in [5.41, 5.74) is 2.58. The van der Waals surface area contributed by atoms with Crippen LogP contribution in [0.2, 0.25) is 5.02 Å². The number of hydrazone groups is 1. The van der Waals surface area contributed by atoms with E-state index in [0.29, 0.717) is 29.8 Å². The number of aromatic nitrogens is 2. The Balaban J connectivity index is 1.49. The molecule has 29 heavy (non-hydrogen) atoms. The molecule has 0 radical (unpaired) electrons. The van der Waals surface area contributed by atoms with Crippen LogP contribution >= 0.6 is 11.6 Å². The predicted octanol–water partition coefficient (Wildman–Crippen LogP) is 3.61. The molecule has 0 N–H and O–H groups in total. The molecule has 0 spiro atoms. The molecule has 0 aliphatic carbocycles. The van der Waals surface area contributed by atoms with Crippen LogP contribution in [0.4, 0.5) is 5.95 Å². The molecule has 1 unspecified atom stereocenters. The first kappa shape index (κ1) is 17.9. The number of amides is 1. The van der Waals surface area contributed by atoms with Gasteiger partial charge in [0.05, 0.1) is 18.3 Å². The Hall–Kier alpha value is -3.19. The zero-order chi connectivity index (χ0) is 19.8. The van der Waals surface area contributed by atoms with Gasteiger partial charge in [0, 0.05) is 29.1 Å². The third kappa shape index (κ3) is 3.38. The van der Waals surface area contributed by atoms with E-state index in [1.165, 1.54) is 0 Å². The van der Waals surface area contributed by atoms with Crippen LogP contribution in [-0.4, -0.2) is 45.8 Å². The van der Waals surface area contributed by atoms with Gasteiger partial charge in [0.2, 0.25) is 5.91 Å². The van der Waals surface area contributed by atoms with Crippen LogP contribution in [-0.2, 0) is 4.79 Å². The van der Waals surface area contributed by atoms with Gasteiger partial charge in [-0.15, -0.1) is 0 Å². The SMILES string of the molecule is O=C1CCCN1C1CN(c2noc(-c3ccccc3)n2)N=C1c1ccc(Cl)cc1. The molecule has 7 nitrogen and oxygen atoms in total. The summed E-state index contributed by atoms with van der Waals surface area (Å²) in [4.78, 5) is 18.8. The summed E-state index contributed by atoms with van der Waals surface area (Å²) in [5.74, 6) is 0.964. The highest BCUT2D eigenvalue weighted by molar-refractivity contribution is 6.30. The van der Waals surface area contributed by atoms with Crippen LogP contribution < -0.4 is 5.01 Å². The first-order chi connectivity index (χ1) is 14.2. The molecule has 8 heteroatoms. The van der Waals surface area contributed by atoms with E-state index >= 15 is 0 Å². The molecule has 1 aromatic heterocycles. The van der Waals surface area contributed by atoms with E-state index in [1.807, 2.05) is 59.5 Å². The summed E-state index contributed by atoms with van der Waals surface area (Å²) >= 11 is 6.04. The maximum absolute atomic E-state index is 12.4. The third-order valence-corrected chi connectivity index (χ3v) is 5.44. The molecule has 2 aliphatic rings. The van der Waals surface area contributed by atoms with E-state index in [9.17, 15) is 4.79 Å². The Morgan fingerprint density at radius 3 is 2.55 bits per heavy atom. The van der Waals surface area contributed by atoms with Crippen molar-refractivity contribution in [3.8, 4) is 11.5 Å². The third-order valence-electron chi connectivity index (χ3n) is 5.18. The number of nitrogens with zero attached hydrogens (tertiary/aromatic N) is 5. The Labute approximate surface area is 172 Å². The summed E-state index contributed by atoms with van der Waals surface area (Å²) in [6.45, 7) is 1.21. The standard InChI is InChI=1S/C21H18ClN5O2/c22-16-10-8-14(9-11-16)19-17(26-12-4-7-18(26)28)13-27(24-19)21-23-20(29-25-21)15-5-2-1-3-6-15/h1-3,5-6,8-11,17H,4,7,12-13H2. The van der Waals surface area contributed by atoms with E-state index < -0.39 is 0 Å². The minimum Gasteiger partial charge on any atom is -0.332 e. The number of carbonyl (C=O) groups excluding carboxylic acids is 1. The van der Waals surface area contributed by atoms with Gasteiger partial charge in [0.1, 0.15) is 0 Å². The van der Waals surface area contributed by atoms with Crippen molar-refractivity contribution in [1.82, 2.24) is 15.0 Å². The van der Waals surface area contributed by atoms with Gasteiger partial charge in [0.15, 0.2) is 0 Å². The Morgan fingerprint density at radius 2 is 1.83 bits per heavy atom. The van der Waals surface area contributed by atoms with Crippen LogP contribution in [0, 0.1) is 0 Å². The average molecular weight is 408 g/mol. The van der Waals surface area contributed by atoms with Gasteiger partial charge in [-0.25, -0.2) is 5.01 Å². The smallest absolute Gasteiger partial charge is 0.286 e. The van der Waals surface area contributed by atoms with E-state index in [4.69, 9.17) is 21.2 Å². The van der Waals surface area contributed by atoms with Crippen LogP contribution in [0.5, 0.6) is 0 Å². The number of halogens is 1. The number of hydrogen-bond acceptors (Lipinski definition) is 6. The second kappa shape index (κ2) is 7.33. The van der Waals surface area contributed by atoms with Gasteiger partial charge in [-0.1, -0.05) is 41.9 Å². The van der Waals surface area contributed by atoms with E-state index in [2.05, 4.69) is 10.1 Å². The summed E-state index contributed by atoms with van der Waals surface area (Å²) < 4.78 is 5.43. The number of benzene rings is 2. The molecule has 3 heterocycles. The van der Waals surface area contributed by atoms with E-state index in [-0.39, 0.29) is 11.9 Å². The lowest BCUT2D eigenvalue weighted by Gasteiger charge is -2.25. The lowest BCUT2D eigenvalue weighted by Crippen LogP contribution is -2.44. The topological polar surface area (TPSA) is 74.8 Å². The van der Waals surface area contributed by atoms with Crippen molar-refractivity contribution in [3.05, 3.63) is 65.2 Å². The lowest BCUT2D eigenvalue weighted by molar-refractivity contribution is -0.128. The van der Waals surface area contributed by atoms with Crippen molar-refractivity contribution in [2.75, 3.05) is 18.1 Å². The van der Waals surface area contributed by atoms with Gasteiger partial charge in [-0.3, -0.25) is 4.79 Å². The quantitative estimate of drug-likeness (QED) is 0.660. The zero-order valence-electron chi connectivity index (χ0n) is 15.5. The normalized spacial score (nSPS) is 19.1. The molecule has 0 bridgehead atoms. The molecule has 2 aromatic carbocycles. The number of likely N-dealkylation sites (tertiary alicyclic amines) is 1. The van der Waals surface area contributed by atoms with E-state index in [0.717, 1.165) is 29.8 Å². The van der Waals surface area contributed by atoms with Crippen molar-refractivity contribution >= 4 is 29.2 Å². The maximum Gasteiger partial charge on any atom is 0.286 e. The largest absolute Gasteiger partial charge is 0.332 e. The number of anilines is 1. The van der Waals surface area contributed by atoms with Crippen molar-refractivity contribution in [3.63, 3.8) is 0 Å². The van der Waals surface area contributed by atoms with Crippen molar-refractivity contribution in [2.24, 2.45) is 5.10 Å². The molecule has 1 atom stereocenters. The molecule has 1 saturated heterocycles. The highest BCUT2D eigenvalue weighted by atomic mass is 35.5. The van der Waals surface area contributed by atoms with Gasteiger partial charge in [-0.05, 0) is 35.8 Å². The molecule has 0 saturated carbocycles. The lowest BCUT2D eigenvalue weighted by atomic mass is 10.0. The fourth-order valence-corrected chi connectivity index (χ4v) is 3.87. The zero-order valence-corrected chi connectivity index (χ0v) is 16.3. The molecule has 3 aromatic rings. The number of carbonyl (C=O) groups is 1. The molecule has 2 aliphatic heterocycles. The summed E-state index contributed by atoms with van der Waals surface area (Å²) in [7, 11) is 0. The highest BCUT2D eigenvalue weighted by Crippen LogP contribution is 2.28. The Kier molecular flexibility index (Phi) is 4.52. The molecule has 146 valence electrons. The maximum atomic E-state index is 12.4. The minimum absolute atomic E-state index is 0.150. The van der Waals surface area contributed by atoms with Crippen molar-refractivity contribution < 1.29 is 9.32 Å². The van der Waals surface area contributed by atoms with Crippen LogP contribution in [0.1, 0.15) is 18.4 Å². The summed E-state index contributed by atoms with van der Waals surface area (Å²) in [6.07, 6.45) is 1.44. The first-order valence-corrected chi connectivity index (χ1v) is 9.87. The van der Waals surface area contributed by atoms with Gasteiger partial charge >= 0.3 is 0 Å². The summed E-state index contributed by atoms with van der Waals surface area (Å²) in [6, 6.07) is 16.9. The van der Waals surface area contributed by atoms with Crippen LogP contribution in [0.25, 0.3) is 11.5 Å². The van der Waals surface area contributed by atoms with Gasteiger partial charge in [-0.2, -0.15) is 10.1 Å². The Bertz CT molecular complexity index is 1060. The molecular formula is C21H18ClN5O2. The fraction of sp³-hybridized carbons (Fsp3) is 0.238. The second-order valence-electron chi connectivity index (χ2n) is 7.05. The molecule has 5 rings (SSSR count). The second-order valence-corrected chi connectivity index (χ2v) is 7.48. The highest BCUT2D eigenvalue weighted by Gasteiger charge is 2.38. The average Bonchev–Trinajstić information content (AvgIpc) is 3.48. The van der Waals surface area contributed by atoms with Gasteiger partial charge in [0.25, 0.3) is 11.8 Å². The number of hydrogen-bond donors (Lipinski definition) is 0. The van der Waals surface area contributed by atoms with Crippen molar-refractivity contribution in [1.29, 1.82) is 0 Å². The fourth-order valence-electron chi connectivity index (χ4n) is 3.75. The predicted molar refractivity (Wildman–Crippen MR) is 110 cm³/mol. The van der Waals surface area contributed by atoms with E-state index in [1.54, 1.807) is 5.01 Å². The Morgan fingerprint density at radius 1 is 1.03 bits per heavy atom. The molecular weight excluding hydrogens is 390 g/mol. The van der Waals surface area contributed by atoms with Crippen molar-refractivity contribution in [2.45, 2.75) is 18.9 Å².